The second kappa shape index (κ2) is 6.95. The van der Waals surface area contributed by atoms with E-state index < -0.39 is 6.10 Å². The third kappa shape index (κ3) is 3.44. The van der Waals surface area contributed by atoms with Crippen LogP contribution >= 0.6 is 11.3 Å². The molecule has 0 aliphatic carbocycles. The lowest BCUT2D eigenvalue weighted by atomic mass is 10.1. The van der Waals surface area contributed by atoms with Gasteiger partial charge in [0.25, 0.3) is 5.91 Å². The summed E-state index contributed by atoms with van der Waals surface area (Å²) in [6, 6.07) is 9.47. The van der Waals surface area contributed by atoms with Gasteiger partial charge in [0.2, 0.25) is 0 Å². The normalized spacial score (nSPS) is 17.1. The van der Waals surface area contributed by atoms with Crippen LogP contribution in [0.2, 0.25) is 0 Å². The monoisotopic (exact) mass is 356 g/mol. The fourth-order valence-corrected chi connectivity index (χ4v) is 3.90. The van der Waals surface area contributed by atoms with Crippen LogP contribution in [0, 0.1) is 0 Å². The van der Waals surface area contributed by atoms with Crippen LogP contribution in [0.25, 0.3) is 11.0 Å². The first-order chi connectivity index (χ1) is 12.2. The summed E-state index contributed by atoms with van der Waals surface area (Å²) in [5, 5.41) is 12.3. The maximum absolute atomic E-state index is 12.7. The Labute approximate surface area is 149 Å². The van der Waals surface area contributed by atoms with Crippen LogP contribution in [-0.2, 0) is 0 Å². The Kier molecular flexibility index (Phi) is 4.52. The van der Waals surface area contributed by atoms with Crippen molar-refractivity contribution in [2.75, 3.05) is 32.7 Å². The number of aliphatic hydroxyl groups excluding tert-OH is 1. The van der Waals surface area contributed by atoms with E-state index in [-0.39, 0.29) is 5.91 Å². The van der Waals surface area contributed by atoms with Crippen LogP contribution in [0.4, 0.5) is 0 Å². The molecule has 1 aromatic carbocycles. The lowest BCUT2D eigenvalue weighted by molar-refractivity contribution is 0.0533. The van der Waals surface area contributed by atoms with E-state index in [0.717, 1.165) is 29.0 Å². The highest BCUT2D eigenvalue weighted by Gasteiger charge is 2.24. The summed E-state index contributed by atoms with van der Waals surface area (Å²) in [4.78, 5) is 25.0. The van der Waals surface area contributed by atoms with Crippen molar-refractivity contribution in [1.29, 1.82) is 0 Å². The molecule has 130 valence electrons. The van der Waals surface area contributed by atoms with E-state index in [0.29, 0.717) is 25.2 Å². The fourth-order valence-electron chi connectivity index (χ4n) is 3.20. The van der Waals surface area contributed by atoms with Crippen LogP contribution in [-0.4, -0.2) is 63.5 Å². The van der Waals surface area contributed by atoms with Gasteiger partial charge in [0, 0.05) is 43.2 Å². The Morgan fingerprint density at radius 1 is 1.28 bits per heavy atom. The predicted octanol–water partition coefficient (Wildman–Crippen LogP) is 2.12. The lowest BCUT2D eigenvalue weighted by Gasteiger charge is -2.35. The Bertz CT molecular complexity index is 853. The smallest absolute Gasteiger partial charge is 0.254 e. The van der Waals surface area contributed by atoms with Gasteiger partial charge in [0.15, 0.2) is 0 Å². The molecular formula is C18H20N4O2S. The maximum atomic E-state index is 12.7. The molecule has 0 unspecified atom stereocenters. The summed E-state index contributed by atoms with van der Waals surface area (Å²) in [5.41, 5.74) is 2.43. The lowest BCUT2D eigenvalue weighted by Crippen LogP contribution is -2.49. The summed E-state index contributed by atoms with van der Waals surface area (Å²) in [7, 11) is 0. The van der Waals surface area contributed by atoms with Gasteiger partial charge >= 0.3 is 0 Å². The maximum Gasteiger partial charge on any atom is 0.254 e. The van der Waals surface area contributed by atoms with Crippen molar-refractivity contribution >= 4 is 28.3 Å². The SMILES string of the molecule is O=C(c1ccc2nc[nH]c2c1)N1CCN(C[C@H](O)c2cccs2)CC1. The number of β-amino-alcohol motifs (C(OH)–C–C–N with tert-alkyl or cyclic N) is 1. The Morgan fingerprint density at radius 3 is 2.88 bits per heavy atom. The van der Waals surface area contributed by atoms with Crippen molar-refractivity contribution in [3.05, 3.63) is 52.5 Å². The van der Waals surface area contributed by atoms with Crippen molar-refractivity contribution in [3.63, 3.8) is 0 Å². The molecule has 2 N–H and O–H groups in total. The number of benzene rings is 1. The number of nitrogens with one attached hydrogen (secondary N) is 1. The molecule has 1 aliphatic rings. The number of nitrogens with zero attached hydrogens (tertiary/aromatic N) is 3. The van der Waals surface area contributed by atoms with Crippen LogP contribution in [0.3, 0.4) is 0 Å². The van der Waals surface area contributed by atoms with Crippen molar-refractivity contribution < 1.29 is 9.90 Å². The first-order valence-corrected chi connectivity index (χ1v) is 9.25. The van der Waals surface area contributed by atoms with Crippen LogP contribution < -0.4 is 0 Å². The van der Waals surface area contributed by atoms with Crippen molar-refractivity contribution in [1.82, 2.24) is 19.8 Å². The van der Waals surface area contributed by atoms with E-state index in [1.54, 1.807) is 17.7 Å². The third-order valence-corrected chi connectivity index (χ3v) is 5.60. The molecule has 0 bridgehead atoms. The number of fused-ring (bicyclic) bond motifs is 1. The number of thiophene rings is 1. The van der Waals surface area contributed by atoms with Gasteiger partial charge in [-0.2, -0.15) is 0 Å². The molecule has 6 nitrogen and oxygen atoms in total. The topological polar surface area (TPSA) is 72.5 Å². The predicted molar refractivity (Wildman–Crippen MR) is 97.7 cm³/mol. The molecule has 1 amide bonds. The highest BCUT2D eigenvalue weighted by atomic mass is 32.1. The van der Waals surface area contributed by atoms with Crippen molar-refractivity contribution in [3.8, 4) is 0 Å². The molecular weight excluding hydrogens is 336 g/mol. The van der Waals surface area contributed by atoms with Gasteiger partial charge in [-0.25, -0.2) is 4.98 Å². The number of aliphatic hydroxyl groups is 1. The standard InChI is InChI=1S/C18H20N4O2S/c23-16(17-2-1-9-25-17)11-21-5-7-22(8-6-21)18(24)13-3-4-14-15(10-13)20-12-19-14/h1-4,9-10,12,16,23H,5-8,11H2,(H,19,20)/t16-/m0/s1. The Morgan fingerprint density at radius 2 is 2.12 bits per heavy atom. The summed E-state index contributed by atoms with van der Waals surface area (Å²) in [5.74, 6) is 0.0509. The molecule has 1 saturated heterocycles. The molecule has 25 heavy (non-hydrogen) atoms. The minimum atomic E-state index is -0.454. The third-order valence-electron chi connectivity index (χ3n) is 4.63. The number of aromatic amines is 1. The fraction of sp³-hybridized carbons (Fsp3) is 0.333. The number of rotatable bonds is 4. The molecule has 1 aliphatic heterocycles. The van der Waals surface area contributed by atoms with E-state index in [1.165, 1.54) is 0 Å². The van der Waals surface area contributed by atoms with E-state index in [1.807, 2.05) is 40.6 Å². The molecule has 1 fully saturated rings. The van der Waals surface area contributed by atoms with Gasteiger partial charge in [0.1, 0.15) is 6.10 Å². The number of imidazole rings is 1. The Balaban J connectivity index is 1.35. The number of hydrogen-bond acceptors (Lipinski definition) is 5. The number of amides is 1. The van der Waals surface area contributed by atoms with Crippen molar-refractivity contribution in [2.24, 2.45) is 0 Å². The first-order valence-electron chi connectivity index (χ1n) is 8.37. The van der Waals surface area contributed by atoms with Crippen LogP contribution in [0.15, 0.2) is 42.0 Å². The van der Waals surface area contributed by atoms with Gasteiger partial charge in [0.05, 0.1) is 17.4 Å². The van der Waals surface area contributed by atoms with E-state index in [2.05, 4.69) is 14.9 Å². The van der Waals surface area contributed by atoms with Crippen molar-refractivity contribution in [2.45, 2.75) is 6.10 Å². The number of hydrogen-bond donors (Lipinski definition) is 2. The van der Waals surface area contributed by atoms with Gasteiger partial charge in [-0.15, -0.1) is 11.3 Å². The number of aromatic nitrogens is 2. The van der Waals surface area contributed by atoms with Gasteiger partial charge in [-0.05, 0) is 29.6 Å². The highest BCUT2D eigenvalue weighted by Crippen LogP contribution is 2.21. The zero-order valence-corrected chi connectivity index (χ0v) is 14.6. The van der Waals surface area contributed by atoms with Crippen LogP contribution in [0.1, 0.15) is 21.3 Å². The quantitative estimate of drug-likeness (QED) is 0.751. The van der Waals surface area contributed by atoms with Gasteiger partial charge in [-0.1, -0.05) is 6.07 Å². The second-order valence-corrected chi connectivity index (χ2v) is 7.24. The summed E-state index contributed by atoms with van der Waals surface area (Å²) < 4.78 is 0. The number of piperazine rings is 1. The Hall–Kier alpha value is -2.22. The molecule has 0 radical (unpaired) electrons. The summed E-state index contributed by atoms with van der Waals surface area (Å²) >= 11 is 1.57. The zero-order valence-electron chi connectivity index (χ0n) is 13.8. The van der Waals surface area contributed by atoms with E-state index in [4.69, 9.17) is 0 Å². The summed E-state index contributed by atoms with van der Waals surface area (Å²) in [6.07, 6.45) is 1.18. The molecule has 3 heterocycles. The number of carbonyl (C=O) groups is 1. The zero-order chi connectivity index (χ0) is 17.2. The molecule has 3 aromatic rings. The molecule has 1 atom stereocenters. The molecule has 7 heteroatoms. The number of H-pyrrole nitrogens is 1. The minimum Gasteiger partial charge on any atom is -0.386 e. The average molecular weight is 356 g/mol. The molecule has 0 saturated carbocycles. The number of carbonyl (C=O) groups excluding carboxylic acids is 1. The van der Waals surface area contributed by atoms with Gasteiger partial charge < -0.3 is 15.0 Å². The largest absolute Gasteiger partial charge is 0.386 e. The summed E-state index contributed by atoms with van der Waals surface area (Å²) in [6.45, 7) is 3.53. The van der Waals surface area contributed by atoms with E-state index >= 15 is 0 Å². The molecule has 4 rings (SSSR count). The molecule has 0 spiro atoms. The highest BCUT2D eigenvalue weighted by molar-refractivity contribution is 7.10. The van der Waals surface area contributed by atoms with E-state index in [9.17, 15) is 9.90 Å². The van der Waals surface area contributed by atoms with Gasteiger partial charge in [-0.3, -0.25) is 9.69 Å². The molecule has 2 aromatic heterocycles. The first kappa shape index (κ1) is 16.3. The van der Waals surface area contributed by atoms with Crippen LogP contribution in [0.5, 0.6) is 0 Å². The second-order valence-electron chi connectivity index (χ2n) is 6.26. The average Bonchev–Trinajstić information content (AvgIpc) is 3.32. The minimum absolute atomic E-state index is 0.0509.